The Hall–Kier alpha value is -2.82. The van der Waals surface area contributed by atoms with Crippen LogP contribution in [0.15, 0.2) is 48.5 Å². The van der Waals surface area contributed by atoms with Crippen molar-refractivity contribution in [3.63, 3.8) is 0 Å². The quantitative estimate of drug-likeness (QED) is 0.832. The minimum absolute atomic E-state index is 0.0884. The van der Waals surface area contributed by atoms with Crippen LogP contribution in [-0.2, 0) is 22.6 Å². The first-order chi connectivity index (χ1) is 12.4. The van der Waals surface area contributed by atoms with E-state index < -0.39 is 6.04 Å². The first kappa shape index (κ1) is 19.5. The Kier molecular flexibility index (Phi) is 6.78. The van der Waals surface area contributed by atoms with E-state index in [0.29, 0.717) is 6.54 Å². The third-order valence-corrected chi connectivity index (χ3v) is 4.34. The summed E-state index contributed by atoms with van der Waals surface area (Å²) in [6, 6.07) is 14.8. The van der Waals surface area contributed by atoms with E-state index in [2.05, 4.69) is 5.32 Å². The highest BCUT2D eigenvalue weighted by molar-refractivity contribution is 5.88. The Morgan fingerprint density at radius 3 is 2.46 bits per heavy atom. The van der Waals surface area contributed by atoms with E-state index in [1.165, 1.54) is 0 Å². The molecule has 0 aromatic heterocycles. The molecule has 0 spiro atoms. The number of benzene rings is 2. The van der Waals surface area contributed by atoms with Crippen molar-refractivity contribution >= 4 is 11.8 Å². The summed E-state index contributed by atoms with van der Waals surface area (Å²) in [5.41, 5.74) is 2.96. The van der Waals surface area contributed by atoms with Gasteiger partial charge in [0.1, 0.15) is 11.8 Å². The van der Waals surface area contributed by atoms with Crippen LogP contribution in [0.4, 0.5) is 0 Å². The number of rotatable bonds is 7. The van der Waals surface area contributed by atoms with Crippen LogP contribution >= 0.6 is 0 Å². The van der Waals surface area contributed by atoms with Crippen molar-refractivity contribution in [3.8, 4) is 5.75 Å². The van der Waals surface area contributed by atoms with E-state index in [-0.39, 0.29) is 18.2 Å². The third kappa shape index (κ3) is 5.09. The van der Waals surface area contributed by atoms with Gasteiger partial charge in [-0.15, -0.1) is 0 Å². The molecule has 0 unspecified atom stereocenters. The molecule has 5 heteroatoms. The summed E-state index contributed by atoms with van der Waals surface area (Å²) in [5.74, 6) is 0.446. The van der Waals surface area contributed by atoms with E-state index >= 15 is 0 Å². The monoisotopic (exact) mass is 354 g/mol. The molecule has 0 aliphatic carbocycles. The van der Waals surface area contributed by atoms with Crippen LogP contribution in [0.1, 0.15) is 23.6 Å². The molecular formula is C21H26N2O3. The fraction of sp³-hybridized carbons (Fsp3) is 0.333. The number of nitrogens with zero attached hydrogens (tertiary/aromatic N) is 1. The SMILES string of the molecule is CNC(=O)[C@@H](C)N(Cc1cccc(OC)c1)C(=O)Cc1cccc(C)c1. The maximum Gasteiger partial charge on any atom is 0.242 e. The van der Waals surface area contributed by atoms with Crippen LogP contribution in [0.2, 0.25) is 0 Å². The van der Waals surface area contributed by atoms with Gasteiger partial charge in [-0.25, -0.2) is 0 Å². The molecule has 2 rings (SSSR count). The van der Waals surface area contributed by atoms with Crippen LogP contribution < -0.4 is 10.1 Å². The molecule has 2 aromatic rings. The number of carbonyl (C=O) groups excluding carboxylic acids is 2. The van der Waals surface area contributed by atoms with Gasteiger partial charge in [-0.05, 0) is 37.1 Å². The lowest BCUT2D eigenvalue weighted by atomic mass is 10.1. The Morgan fingerprint density at radius 2 is 1.81 bits per heavy atom. The zero-order chi connectivity index (χ0) is 19.1. The highest BCUT2D eigenvalue weighted by Gasteiger charge is 2.25. The highest BCUT2D eigenvalue weighted by atomic mass is 16.5. The number of hydrogen-bond donors (Lipinski definition) is 1. The Balaban J connectivity index is 2.24. The topological polar surface area (TPSA) is 58.6 Å². The molecule has 0 saturated heterocycles. The average molecular weight is 354 g/mol. The molecule has 0 saturated carbocycles. The fourth-order valence-electron chi connectivity index (χ4n) is 2.86. The first-order valence-electron chi connectivity index (χ1n) is 8.64. The fourth-order valence-corrected chi connectivity index (χ4v) is 2.86. The number of amides is 2. The minimum atomic E-state index is -0.566. The molecule has 0 fully saturated rings. The number of nitrogens with one attached hydrogen (secondary N) is 1. The summed E-state index contributed by atoms with van der Waals surface area (Å²) in [4.78, 5) is 26.7. The smallest absolute Gasteiger partial charge is 0.242 e. The van der Waals surface area contributed by atoms with Crippen LogP contribution in [-0.4, -0.2) is 36.9 Å². The molecule has 1 atom stereocenters. The van der Waals surface area contributed by atoms with E-state index in [4.69, 9.17) is 4.74 Å². The molecule has 2 aromatic carbocycles. The molecule has 0 heterocycles. The number of carbonyl (C=O) groups is 2. The zero-order valence-electron chi connectivity index (χ0n) is 15.8. The van der Waals surface area contributed by atoms with Gasteiger partial charge >= 0.3 is 0 Å². The molecule has 0 aliphatic heterocycles. The molecule has 0 aliphatic rings. The standard InChI is InChI=1S/C21H26N2O3/c1-15-7-5-8-17(11-15)13-20(24)23(16(2)21(25)22-3)14-18-9-6-10-19(12-18)26-4/h5-12,16H,13-14H2,1-4H3,(H,22,25)/t16-/m1/s1. The van der Waals surface area contributed by atoms with Gasteiger partial charge in [0.15, 0.2) is 0 Å². The van der Waals surface area contributed by atoms with Gasteiger partial charge in [-0.3, -0.25) is 9.59 Å². The first-order valence-corrected chi connectivity index (χ1v) is 8.64. The van der Waals surface area contributed by atoms with Crippen molar-refractivity contribution in [2.75, 3.05) is 14.2 Å². The number of hydrogen-bond acceptors (Lipinski definition) is 3. The van der Waals surface area contributed by atoms with Crippen LogP contribution in [0.25, 0.3) is 0 Å². The molecule has 0 radical (unpaired) electrons. The summed E-state index contributed by atoms with van der Waals surface area (Å²) in [6.07, 6.45) is 0.257. The summed E-state index contributed by atoms with van der Waals surface area (Å²) in [6.45, 7) is 4.08. The lowest BCUT2D eigenvalue weighted by Gasteiger charge is -2.28. The number of aryl methyl sites for hydroxylation is 1. The molecule has 0 bridgehead atoms. The van der Waals surface area contributed by atoms with Crippen molar-refractivity contribution in [1.82, 2.24) is 10.2 Å². The second-order valence-electron chi connectivity index (χ2n) is 6.33. The van der Waals surface area contributed by atoms with E-state index in [1.54, 1.807) is 26.0 Å². The van der Waals surface area contributed by atoms with Gasteiger partial charge in [-0.1, -0.05) is 42.0 Å². The van der Waals surface area contributed by atoms with Gasteiger partial charge in [0.2, 0.25) is 11.8 Å². The molecular weight excluding hydrogens is 328 g/mol. The molecule has 5 nitrogen and oxygen atoms in total. The van der Waals surface area contributed by atoms with Gasteiger partial charge in [0.05, 0.1) is 13.5 Å². The predicted molar refractivity (Wildman–Crippen MR) is 102 cm³/mol. The second kappa shape index (κ2) is 9.04. The van der Waals surface area contributed by atoms with E-state index in [0.717, 1.165) is 22.4 Å². The van der Waals surface area contributed by atoms with Gasteiger partial charge in [0.25, 0.3) is 0 Å². The van der Waals surface area contributed by atoms with Crippen LogP contribution in [0, 0.1) is 6.92 Å². The third-order valence-electron chi connectivity index (χ3n) is 4.34. The molecule has 138 valence electrons. The van der Waals surface area contributed by atoms with Gasteiger partial charge in [0, 0.05) is 13.6 Å². The second-order valence-corrected chi connectivity index (χ2v) is 6.33. The summed E-state index contributed by atoms with van der Waals surface area (Å²) in [5, 5.41) is 2.62. The normalized spacial score (nSPS) is 11.5. The lowest BCUT2D eigenvalue weighted by Crippen LogP contribution is -2.47. The maximum absolute atomic E-state index is 13.0. The van der Waals surface area contributed by atoms with Crippen LogP contribution in [0.3, 0.4) is 0 Å². The van der Waals surface area contributed by atoms with Crippen molar-refractivity contribution in [1.29, 1.82) is 0 Å². The lowest BCUT2D eigenvalue weighted by molar-refractivity contribution is -0.139. The number of methoxy groups -OCH3 is 1. The average Bonchev–Trinajstić information content (AvgIpc) is 2.65. The highest BCUT2D eigenvalue weighted by Crippen LogP contribution is 2.17. The summed E-state index contributed by atoms with van der Waals surface area (Å²) < 4.78 is 5.25. The Morgan fingerprint density at radius 1 is 1.12 bits per heavy atom. The largest absolute Gasteiger partial charge is 0.497 e. The number of likely N-dealkylation sites (N-methyl/N-ethyl adjacent to an activating group) is 1. The van der Waals surface area contributed by atoms with Crippen molar-refractivity contribution in [3.05, 3.63) is 65.2 Å². The molecule has 26 heavy (non-hydrogen) atoms. The summed E-state index contributed by atoms with van der Waals surface area (Å²) >= 11 is 0. The minimum Gasteiger partial charge on any atom is -0.497 e. The molecule has 1 N–H and O–H groups in total. The molecule has 2 amide bonds. The Bertz CT molecular complexity index is 773. The van der Waals surface area contributed by atoms with Crippen LogP contribution in [0.5, 0.6) is 5.75 Å². The van der Waals surface area contributed by atoms with Crippen molar-refractivity contribution in [2.24, 2.45) is 0 Å². The Labute approximate surface area is 155 Å². The van der Waals surface area contributed by atoms with Gasteiger partial charge < -0.3 is 15.0 Å². The summed E-state index contributed by atoms with van der Waals surface area (Å²) in [7, 11) is 3.18. The maximum atomic E-state index is 13.0. The van der Waals surface area contributed by atoms with E-state index in [1.807, 2.05) is 55.5 Å². The van der Waals surface area contributed by atoms with E-state index in [9.17, 15) is 9.59 Å². The van der Waals surface area contributed by atoms with Crippen molar-refractivity contribution < 1.29 is 14.3 Å². The van der Waals surface area contributed by atoms with Crippen molar-refractivity contribution in [2.45, 2.75) is 32.9 Å². The number of ether oxygens (including phenoxy) is 1. The predicted octanol–water partition coefficient (Wildman–Crippen LogP) is 2.71. The van der Waals surface area contributed by atoms with Gasteiger partial charge in [-0.2, -0.15) is 0 Å². The zero-order valence-corrected chi connectivity index (χ0v) is 15.8.